The van der Waals surface area contributed by atoms with Gasteiger partial charge in [-0.25, -0.2) is 13.4 Å². The van der Waals surface area contributed by atoms with Crippen molar-refractivity contribution in [1.29, 1.82) is 0 Å². The minimum atomic E-state index is -3.35. The summed E-state index contributed by atoms with van der Waals surface area (Å²) in [4.78, 5) is 17.9. The van der Waals surface area contributed by atoms with E-state index in [0.717, 1.165) is 10.6 Å². The number of pyridine rings is 1. The summed E-state index contributed by atoms with van der Waals surface area (Å²) in [6, 6.07) is 3.42. The molecule has 0 atom stereocenters. The Kier molecular flexibility index (Phi) is 5.83. The molecule has 0 unspecified atom stereocenters. The summed E-state index contributed by atoms with van der Waals surface area (Å²) < 4.78 is 29.5. The summed E-state index contributed by atoms with van der Waals surface area (Å²) in [5.74, 6) is 0.317. The Morgan fingerprint density at radius 3 is 2.61 bits per heavy atom. The van der Waals surface area contributed by atoms with E-state index in [-0.39, 0.29) is 18.6 Å². The zero-order valence-corrected chi connectivity index (χ0v) is 14.7. The Morgan fingerprint density at radius 1 is 1.43 bits per heavy atom. The lowest BCUT2D eigenvalue weighted by Gasteiger charge is -2.32. The van der Waals surface area contributed by atoms with E-state index in [1.807, 2.05) is 0 Å². The van der Waals surface area contributed by atoms with Gasteiger partial charge in [0.05, 0.1) is 17.8 Å². The molecule has 128 valence electrons. The molecule has 1 aromatic rings. The maximum Gasteiger partial charge on any atom is 0.237 e. The van der Waals surface area contributed by atoms with Crippen molar-refractivity contribution < 1.29 is 17.9 Å². The molecule has 23 heavy (non-hydrogen) atoms. The van der Waals surface area contributed by atoms with Crippen LogP contribution in [0, 0.1) is 0 Å². The van der Waals surface area contributed by atoms with Crippen molar-refractivity contribution in [2.24, 2.45) is 0 Å². The molecule has 9 heteroatoms. The molecule has 0 aromatic carbocycles. The standard InChI is InChI=1S/C14H20ClN3O4S/c1-17(23(2,20)21)10-14(19)18-7-5-12(6-8-18)22-13-4-3-11(15)9-16-13/h3-4,9,12H,5-8,10H2,1-2H3. The molecular weight excluding hydrogens is 342 g/mol. The molecule has 2 rings (SSSR count). The largest absolute Gasteiger partial charge is 0.474 e. The van der Waals surface area contributed by atoms with Gasteiger partial charge >= 0.3 is 0 Å². The Morgan fingerprint density at radius 2 is 2.09 bits per heavy atom. The lowest BCUT2D eigenvalue weighted by Crippen LogP contribution is -2.46. The van der Waals surface area contributed by atoms with E-state index >= 15 is 0 Å². The molecule has 0 saturated carbocycles. The number of nitrogens with zero attached hydrogens (tertiary/aromatic N) is 3. The number of aromatic nitrogens is 1. The second kappa shape index (κ2) is 7.46. The SMILES string of the molecule is CN(CC(=O)N1CCC(Oc2ccc(Cl)cn2)CC1)S(C)(=O)=O. The van der Waals surface area contributed by atoms with Crippen LogP contribution in [0.4, 0.5) is 0 Å². The molecule has 1 aliphatic rings. The number of carbonyl (C=O) groups is 1. The average molecular weight is 362 g/mol. The van der Waals surface area contributed by atoms with Gasteiger partial charge in [-0.3, -0.25) is 4.79 Å². The highest BCUT2D eigenvalue weighted by Crippen LogP contribution is 2.18. The normalized spacial score (nSPS) is 16.6. The summed E-state index contributed by atoms with van der Waals surface area (Å²) in [6.45, 7) is 0.937. The van der Waals surface area contributed by atoms with E-state index in [9.17, 15) is 13.2 Å². The lowest BCUT2D eigenvalue weighted by molar-refractivity contribution is -0.133. The van der Waals surface area contributed by atoms with E-state index in [1.165, 1.54) is 13.2 Å². The highest BCUT2D eigenvalue weighted by atomic mass is 35.5. The van der Waals surface area contributed by atoms with E-state index in [1.54, 1.807) is 17.0 Å². The van der Waals surface area contributed by atoms with Gasteiger partial charge in [0.25, 0.3) is 0 Å². The predicted octanol–water partition coefficient (Wildman–Crippen LogP) is 0.996. The van der Waals surface area contributed by atoms with Crippen molar-refractivity contribution in [1.82, 2.24) is 14.2 Å². The second-order valence-electron chi connectivity index (χ2n) is 5.53. The van der Waals surface area contributed by atoms with Crippen molar-refractivity contribution in [3.8, 4) is 5.88 Å². The molecule has 1 aromatic heterocycles. The number of likely N-dealkylation sites (tertiary alicyclic amines) is 1. The molecule has 0 aliphatic carbocycles. The molecule has 2 heterocycles. The number of sulfonamides is 1. The molecule has 1 fully saturated rings. The highest BCUT2D eigenvalue weighted by molar-refractivity contribution is 7.88. The Bertz CT molecular complexity index is 642. The number of rotatable bonds is 5. The second-order valence-corrected chi connectivity index (χ2v) is 8.06. The number of amides is 1. The van der Waals surface area contributed by atoms with Crippen LogP contribution in [0.3, 0.4) is 0 Å². The fourth-order valence-electron chi connectivity index (χ4n) is 2.23. The third kappa shape index (κ3) is 5.33. The fraction of sp³-hybridized carbons (Fsp3) is 0.571. The van der Waals surface area contributed by atoms with Crippen LogP contribution in [0.5, 0.6) is 5.88 Å². The summed E-state index contributed by atoms with van der Waals surface area (Å²) in [5, 5.41) is 0.549. The van der Waals surface area contributed by atoms with Crippen molar-refractivity contribution in [3.05, 3.63) is 23.4 Å². The lowest BCUT2D eigenvalue weighted by atomic mass is 10.1. The van der Waals surface area contributed by atoms with E-state index in [0.29, 0.717) is 36.8 Å². The molecule has 1 aliphatic heterocycles. The number of likely N-dealkylation sites (N-methyl/N-ethyl adjacent to an activating group) is 1. The fourth-order valence-corrected chi connectivity index (χ4v) is 2.69. The summed E-state index contributed by atoms with van der Waals surface area (Å²) >= 11 is 5.77. The summed E-state index contributed by atoms with van der Waals surface area (Å²) in [5.41, 5.74) is 0. The number of ether oxygens (including phenoxy) is 1. The minimum absolute atomic E-state index is 0.0136. The van der Waals surface area contributed by atoms with Gasteiger partial charge in [0.15, 0.2) is 0 Å². The third-order valence-electron chi connectivity index (χ3n) is 3.71. The Labute approximate surface area is 141 Å². The van der Waals surface area contributed by atoms with Gasteiger partial charge in [0.1, 0.15) is 6.10 Å². The molecule has 1 saturated heterocycles. The molecule has 0 N–H and O–H groups in total. The first-order valence-electron chi connectivity index (χ1n) is 7.23. The maximum absolute atomic E-state index is 12.1. The van der Waals surface area contributed by atoms with Crippen molar-refractivity contribution >= 4 is 27.5 Å². The Hall–Kier alpha value is -1.38. The summed E-state index contributed by atoms with van der Waals surface area (Å²) in [7, 11) is -1.95. The van der Waals surface area contributed by atoms with Gasteiger partial charge < -0.3 is 9.64 Å². The number of hydrogen-bond acceptors (Lipinski definition) is 5. The first-order valence-corrected chi connectivity index (χ1v) is 9.45. The first kappa shape index (κ1) is 18.0. The van der Waals surface area contributed by atoms with Gasteiger partial charge in [0.2, 0.25) is 21.8 Å². The predicted molar refractivity (Wildman–Crippen MR) is 87.0 cm³/mol. The minimum Gasteiger partial charge on any atom is -0.474 e. The van der Waals surface area contributed by atoms with Crippen LogP contribution in [-0.2, 0) is 14.8 Å². The first-order chi connectivity index (χ1) is 10.8. The van der Waals surface area contributed by atoms with Gasteiger partial charge in [-0.1, -0.05) is 11.6 Å². The molecule has 7 nitrogen and oxygen atoms in total. The molecular formula is C14H20ClN3O4S. The van der Waals surface area contributed by atoms with Crippen LogP contribution >= 0.6 is 11.6 Å². The monoisotopic (exact) mass is 361 g/mol. The van der Waals surface area contributed by atoms with Crippen molar-refractivity contribution in [2.45, 2.75) is 18.9 Å². The molecule has 0 bridgehead atoms. The van der Waals surface area contributed by atoms with Crippen molar-refractivity contribution in [2.75, 3.05) is 32.9 Å². The van der Waals surface area contributed by atoms with E-state index in [4.69, 9.17) is 16.3 Å². The van der Waals surface area contributed by atoms with Crippen LogP contribution in [0.1, 0.15) is 12.8 Å². The smallest absolute Gasteiger partial charge is 0.237 e. The van der Waals surface area contributed by atoms with Gasteiger partial charge in [-0.05, 0) is 6.07 Å². The average Bonchev–Trinajstić information content (AvgIpc) is 2.49. The van der Waals surface area contributed by atoms with E-state index in [2.05, 4.69) is 4.98 Å². The van der Waals surface area contributed by atoms with E-state index < -0.39 is 10.0 Å². The van der Waals surface area contributed by atoms with Gasteiger partial charge in [0, 0.05) is 45.2 Å². The number of carbonyl (C=O) groups excluding carboxylic acids is 1. The zero-order chi connectivity index (χ0) is 17.0. The highest BCUT2D eigenvalue weighted by Gasteiger charge is 2.26. The van der Waals surface area contributed by atoms with Gasteiger partial charge in [-0.15, -0.1) is 0 Å². The van der Waals surface area contributed by atoms with Crippen LogP contribution in [0.15, 0.2) is 18.3 Å². The molecule has 0 spiro atoms. The number of hydrogen-bond donors (Lipinski definition) is 0. The van der Waals surface area contributed by atoms with Crippen LogP contribution < -0.4 is 4.74 Å². The topological polar surface area (TPSA) is 79.8 Å². The van der Waals surface area contributed by atoms with Crippen LogP contribution in [0.2, 0.25) is 5.02 Å². The van der Waals surface area contributed by atoms with Crippen molar-refractivity contribution in [3.63, 3.8) is 0 Å². The summed E-state index contributed by atoms with van der Waals surface area (Å²) in [6.07, 6.45) is 3.95. The number of piperidine rings is 1. The maximum atomic E-state index is 12.1. The zero-order valence-electron chi connectivity index (χ0n) is 13.1. The molecule has 1 amide bonds. The third-order valence-corrected chi connectivity index (χ3v) is 5.19. The quantitative estimate of drug-likeness (QED) is 0.781. The van der Waals surface area contributed by atoms with Gasteiger partial charge in [-0.2, -0.15) is 4.31 Å². The molecule has 0 radical (unpaired) electrons. The number of halogens is 1. The van der Waals surface area contributed by atoms with Crippen LogP contribution in [-0.4, -0.2) is 67.6 Å². The van der Waals surface area contributed by atoms with Crippen LogP contribution in [0.25, 0.3) is 0 Å². The Balaban J connectivity index is 1.81.